The SMILES string of the molecule is CC(=O)c1cccc(NC(=O)Cn2c(C)ccc([N+](=O)[O-])c2=O)c1. The normalized spacial score (nSPS) is 10.2. The van der Waals surface area contributed by atoms with Gasteiger partial charge in [-0.2, -0.15) is 0 Å². The maximum absolute atomic E-state index is 12.1. The van der Waals surface area contributed by atoms with E-state index in [1.54, 1.807) is 25.1 Å². The van der Waals surface area contributed by atoms with E-state index in [0.29, 0.717) is 16.9 Å². The van der Waals surface area contributed by atoms with Crippen LogP contribution in [0.15, 0.2) is 41.2 Å². The van der Waals surface area contributed by atoms with Crippen molar-refractivity contribution in [2.75, 3.05) is 5.32 Å². The number of rotatable bonds is 5. The van der Waals surface area contributed by atoms with Crippen molar-refractivity contribution in [3.05, 3.63) is 68.1 Å². The van der Waals surface area contributed by atoms with Gasteiger partial charge in [0.25, 0.3) is 0 Å². The molecule has 0 bridgehead atoms. The highest BCUT2D eigenvalue weighted by atomic mass is 16.6. The van der Waals surface area contributed by atoms with Crippen LogP contribution in [0.3, 0.4) is 0 Å². The molecule has 0 aliphatic heterocycles. The number of nitrogens with zero attached hydrogens (tertiary/aromatic N) is 2. The molecule has 0 aliphatic rings. The zero-order chi connectivity index (χ0) is 17.9. The van der Waals surface area contributed by atoms with Crippen molar-refractivity contribution in [3.8, 4) is 0 Å². The zero-order valence-electron chi connectivity index (χ0n) is 13.1. The van der Waals surface area contributed by atoms with E-state index in [9.17, 15) is 24.5 Å². The second kappa shape index (κ2) is 6.86. The molecule has 0 aliphatic carbocycles. The quantitative estimate of drug-likeness (QED) is 0.511. The van der Waals surface area contributed by atoms with E-state index < -0.39 is 22.1 Å². The van der Waals surface area contributed by atoms with Crippen molar-refractivity contribution in [3.63, 3.8) is 0 Å². The van der Waals surface area contributed by atoms with Crippen LogP contribution in [0.2, 0.25) is 0 Å². The van der Waals surface area contributed by atoms with Crippen LogP contribution in [0.4, 0.5) is 11.4 Å². The molecular weight excluding hydrogens is 314 g/mol. The summed E-state index contributed by atoms with van der Waals surface area (Å²) in [6, 6.07) is 8.88. The van der Waals surface area contributed by atoms with Gasteiger partial charge in [0.05, 0.1) is 4.92 Å². The summed E-state index contributed by atoms with van der Waals surface area (Å²) in [6.45, 7) is 2.62. The lowest BCUT2D eigenvalue weighted by atomic mass is 10.1. The molecule has 1 amide bonds. The van der Waals surface area contributed by atoms with Crippen LogP contribution in [0.5, 0.6) is 0 Å². The van der Waals surface area contributed by atoms with E-state index in [1.807, 2.05) is 0 Å². The van der Waals surface area contributed by atoms with Gasteiger partial charge in [-0.3, -0.25) is 29.1 Å². The van der Waals surface area contributed by atoms with Crippen molar-refractivity contribution < 1.29 is 14.5 Å². The molecule has 0 atom stereocenters. The highest BCUT2D eigenvalue weighted by molar-refractivity contribution is 5.97. The number of carbonyl (C=O) groups is 2. The van der Waals surface area contributed by atoms with Crippen LogP contribution in [0.1, 0.15) is 23.0 Å². The second-order valence-electron chi connectivity index (χ2n) is 5.19. The van der Waals surface area contributed by atoms with Crippen molar-refractivity contribution in [2.24, 2.45) is 0 Å². The van der Waals surface area contributed by atoms with Gasteiger partial charge in [-0.1, -0.05) is 12.1 Å². The van der Waals surface area contributed by atoms with Crippen molar-refractivity contribution in [1.82, 2.24) is 4.57 Å². The first-order valence-corrected chi connectivity index (χ1v) is 7.05. The molecule has 8 nitrogen and oxygen atoms in total. The molecule has 8 heteroatoms. The molecule has 1 N–H and O–H groups in total. The molecule has 0 spiro atoms. The first kappa shape index (κ1) is 17.1. The topological polar surface area (TPSA) is 111 Å². The van der Waals surface area contributed by atoms with Crippen LogP contribution < -0.4 is 10.9 Å². The van der Waals surface area contributed by atoms with E-state index in [1.165, 1.54) is 19.1 Å². The molecule has 2 aromatic rings. The Labute approximate surface area is 136 Å². The molecule has 0 radical (unpaired) electrons. The van der Waals surface area contributed by atoms with Gasteiger partial charge in [-0.25, -0.2) is 0 Å². The summed E-state index contributed by atoms with van der Waals surface area (Å²) in [5, 5.41) is 13.4. The number of benzene rings is 1. The highest BCUT2D eigenvalue weighted by Gasteiger charge is 2.17. The Hall–Kier alpha value is -3.29. The number of nitrogens with one attached hydrogen (secondary N) is 1. The van der Waals surface area contributed by atoms with E-state index in [0.717, 1.165) is 10.6 Å². The molecule has 0 saturated carbocycles. The van der Waals surface area contributed by atoms with Crippen LogP contribution in [-0.4, -0.2) is 21.2 Å². The third kappa shape index (κ3) is 3.72. The van der Waals surface area contributed by atoms with Gasteiger partial charge < -0.3 is 5.32 Å². The standard InChI is InChI=1S/C16H15N3O5/c1-10-6-7-14(19(23)24)16(22)18(10)9-15(21)17-13-5-3-4-12(8-13)11(2)20/h3-8H,9H2,1-2H3,(H,17,21). The Morgan fingerprint density at radius 3 is 2.58 bits per heavy atom. The monoisotopic (exact) mass is 329 g/mol. The third-order valence-electron chi connectivity index (χ3n) is 3.42. The molecule has 2 rings (SSSR count). The number of amides is 1. The minimum Gasteiger partial charge on any atom is -0.325 e. The molecule has 124 valence electrons. The summed E-state index contributed by atoms with van der Waals surface area (Å²) in [5.74, 6) is -0.668. The van der Waals surface area contributed by atoms with Crippen LogP contribution >= 0.6 is 0 Å². The van der Waals surface area contributed by atoms with Gasteiger partial charge in [0.2, 0.25) is 5.91 Å². The van der Waals surface area contributed by atoms with Gasteiger partial charge in [-0.05, 0) is 32.0 Å². The van der Waals surface area contributed by atoms with Crippen molar-refractivity contribution >= 4 is 23.1 Å². The lowest BCUT2D eigenvalue weighted by Gasteiger charge is -2.10. The largest absolute Gasteiger partial charge is 0.334 e. The number of carbonyl (C=O) groups excluding carboxylic acids is 2. The number of hydrogen-bond donors (Lipinski definition) is 1. The number of hydrogen-bond acceptors (Lipinski definition) is 5. The summed E-state index contributed by atoms with van der Waals surface area (Å²) in [6.07, 6.45) is 0. The van der Waals surface area contributed by atoms with Gasteiger partial charge in [-0.15, -0.1) is 0 Å². The number of nitro groups is 1. The van der Waals surface area contributed by atoms with Crippen LogP contribution in [0, 0.1) is 17.0 Å². The molecule has 1 aromatic heterocycles. The number of aromatic nitrogens is 1. The summed E-state index contributed by atoms with van der Waals surface area (Å²) >= 11 is 0. The van der Waals surface area contributed by atoms with Gasteiger partial charge >= 0.3 is 11.2 Å². The Morgan fingerprint density at radius 2 is 1.96 bits per heavy atom. The van der Waals surface area contributed by atoms with E-state index >= 15 is 0 Å². The molecule has 0 saturated heterocycles. The van der Waals surface area contributed by atoms with Crippen LogP contribution in [-0.2, 0) is 11.3 Å². The van der Waals surface area contributed by atoms with Crippen LogP contribution in [0.25, 0.3) is 0 Å². The van der Waals surface area contributed by atoms with E-state index in [4.69, 9.17) is 0 Å². The molecule has 0 unspecified atom stereocenters. The highest BCUT2D eigenvalue weighted by Crippen LogP contribution is 2.12. The van der Waals surface area contributed by atoms with Crippen molar-refractivity contribution in [2.45, 2.75) is 20.4 Å². The Balaban J connectivity index is 2.23. The number of pyridine rings is 1. The maximum Gasteiger partial charge on any atom is 0.334 e. The fourth-order valence-corrected chi connectivity index (χ4v) is 2.15. The van der Waals surface area contributed by atoms with Crippen molar-refractivity contribution in [1.29, 1.82) is 0 Å². The lowest BCUT2D eigenvalue weighted by Crippen LogP contribution is -2.30. The minimum atomic E-state index is -0.840. The summed E-state index contributed by atoms with van der Waals surface area (Å²) in [7, 11) is 0. The summed E-state index contributed by atoms with van der Waals surface area (Å²) in [5.41, 5.74) is -0.154. The van der Waals surface area contributed by atoms with E-state index in [2.05, 4.69) is 5.32 Å². The first-order chi connectivity index (χ1) is 11.3. The molecule has 0 fully saturated rings. The number of ketones is 1. The predicted molar refractivity (Wildman–Crippen MR) is 87.2 cm³/mol. The smallest absolute Gasteiger partial charge is 0.325 e. The lowest BCUT2D eigenvalue weighted by molar-refractivity contribution is -0.386. The van der Waals surface area contributed by atoms with Gasteiger partial charge in [0.15, 0.2) is 5.78 Å². The van der Waals surface area contributed by atoms with Gasteiger partial charge in [0, 0.05) is 23.0 Å². The minimum absolute atomic E-state index is 0.142. The Bertz CT molecular complexity index is 886. The molecular formula is C16H15N3O5. The van der Waals surface area contributed by atoms with Gasteiger partial charge in [0.1, 0.15) is 6.54 Å². The second-order valence-corrected chi connectivity index (χ2v) is 5.19. The first-order valence-electron chi connectivity index (χ1n) is 7.05. The number of Topliss-reactive ketones (excluding diaryl/α,β-unsaturated/α-hetero) is 1. The summed E-state index contributed by atoms with van der Waals surface area (Å²) in [4.78, 5) is 45.6. The Kier molecular flexibility index (Phi) is 4.88. The Morgan fingerprint density at radius 1 is 1.25 bits per heavy atom. The summed E-state index contributed by atoms with van der Waals surface area (Å²) < 4.78 is 1.03. The van der Waals surface area contributed by atoms with E-state index in [-0.39, 0.29) is 12.3 Å². The fourth-order valence-electron chi connectivity index (χ4n) is 2.15. The molecule has 24 heavy (non-hydrogen) atoms. The average molecular weight is 329 g/mol. The number of anilines is 1. The predicted octanol–water partition coefficient (Wildman–Crippen LogP) is 1.91. The third-order valence-corrected chi connectivity index (χ3v) is 3.42. The fraction of sp³-hybridized carbons (Fsp3) is 0.188. The zero-order valence-corrected chi connectivity index (χ0v) is 13.1. The molecule has 1 heterocycles. The molecule has 1 aromatic carbocycles. The average Bonchev–Trinajstić information content (AvgIpc) is 2.51. The maximum atomic E-state index is 12.1. The number of aryl methyl sites for hydroxylation is 1.